The molecule has 114 valence electrons. The number of nitrogens with two attached hydrogens (primary N) is 1. The Balaban J connectivity index is 1.81. The number of likely N-dealkylation sites (N-methyl/N-ethyl adjacent to an activating group) is 1. The summed E-state index contributed by atoms with van der Waals surface area (Å²) in [7, 11) is 3.63. The first-order valence-electron chi connectivity index (χ1n) is 6.84. The molecule has 3 N–H and O–H groups in total. The first-order valence-corrected chi connectivity index (χ1v) is 6.84. The van der Waals surface area contributed by atoms with Crippen molar-refractivity contribution in [3.8, 4) is 5.75 Å². The summed E-state index contributed by atoms with van der Waals surface area (Å²) in [6.45, 7) is 1.76. The van der Waals surface area contributed by atoms with Gasteiger partial charge in [0.2, 0.25) is 0 Å². The molecule has 1 unspecified atom stereocenters. The highest BCUT2D eigenvalue weighted by atomic mass is 16.5. The van der Waals surface area contributed by atoms with E-state index in [2.05, 4.69) is 10.00 Å². The minimum atomic E-state index is -0.493. The summed E-state index contributed by atoms with van der Waals surface area (Å²) in [5.74, 6) is 0.845. The summed E-state index contributed by atoms with van der Waals surface area (Å²) in [6.07, 6.45) is 2.80. The Hall–Kier alpha value is -2.05. The highest BCUT2D eigenvalue weighted by Gasteiger charge is 2.10. The molecule has 2 rings (SSSR count). The van der Waals surface area contributed by atoms with Gasteiger partial charge in [0.1, 0.15) is 5.75 Å². The van der Waals surface area contributed by atoms with Crippen LogP contribution in [0, 0.1) is 0 Å². The fourth-order valence-electron chi connectivity index (χ4n) is 2.22. The Morgan fingerprint density at radius 1 is 1.38 bits per heavy atom. The van der Waals surface area contributed by atoms with E-state index in [4.69, 9.17) is 10.5 Å². The van der Waals surface area contributed by atoms with Crippen LogP contribution < -0.4 is 10.5 Å². The van der Waals surface area contributed by atoms with Crippen LogP contribution in [0.4, 0.5) is 5.69 Å². The minimum Gasteiger partial charge on any atom is -0.497 e. The largest absolute Gasteiger partial charge is 0.497 e. The average molecular weight is 290 g/mol. The number of aromatic nitrogens is 2. The van der Waals surface area contributed by atoms with Crippen LogP contribution in [-0.2, 0) is 13.1 Å². The van der Waals surface area contributed by atoms with Gasteiger partial charge in [-0.15, -0.1) is 0 Å². The lowest BCUT2D eigenvalue weighted by molar-refractivity contribution is 0.104. The van der Waals surface area contributed by atoms with E-state index in [1.54, 1.807) is 24.2 Å². The Morgan fingerprint density at radius 3 is 2.67 bits per heavy atom. The second-order valence-corrected chi connectivity index (χ2v) is 5.19. The van der Waals surface area contributed by atoms with E-state index in [-0.39, 0.29) is 0 Å². The maximum Gasteiger partial charge on any atom is 0.118 e. The Bertz CT molecular complexity index is 553. The number of hydrogen-bond acceptors (Lipinski definition) is 5. The molecule has 0 aliphatic heterocycles. The standard InChI is InChI=1S/C15H22N4O2/c1-18(8-12-3-5-15(21-2)6-4-12)10-14(20)11-19-9-13(16)7-17-19/h3-7,9,14,20H,8,10-11,16H2,1-2H3. The Labute approximate surface area is 124 Å². The summed E-state index contributed by atoms with van der Waals surface area (Å²) in [6, 6.07) is 7.92. The Kier molecular flexibility index (Phi) is 5.19. The average Bonchev–Trinajstić information content (AvgIpc) is 2.84. The molecule has 0 saturated heterocycles. The number of aliphatic hydroxyl groups is 1. The molecule has 6 nitrogen and oxygen atoms in total. The molecule has 6 heteroatoms. The van der Waals surface area contributed by atoms with E-state index in [1.165, 1.54) is 5.56 Å². The molecular weight excluding hydrogens is 268 g/mol. The molecule has 0 spiro atoms. The van der Waals surface area contributed by atoms with E-state index in [1.807, 2.05) is 31.3 Å². The molecule has 21 heavy (non-hydrogen) atoms. The highest BCUT2D eigenvalue weighted by Crippen LogP contribution is 2.12. The van der Waals surface area contributed by atoms with Crippen LogP contribution in [0.25, 0.3) is 0 Å². The fourth-order valence-corrected chi connectivity index (χ4v) is 2.22. The van der Waals surface area contributed by atoms with Crippen LogP contribution in [0.1, 0.15) is 5.56 Å². The van der Waals surface area contributed by atoms with Crippen LogP contribution >= 0.6 is 0 Å². The number of rotatable bonds is 7. The topological polar surface area (TPSA) is 76.5 Å². The van der Waals surface area contributed by atoms with Crippen molar-refractivity contribution in [3.63, 3.8) is 0 Å². The number of benzene rings is 1. The van der Waals surface area contributed by atoms with Gasteiger partial charge in [-0.3, -0.25) is 9.58 Å². The molecule has 0 radical (unpaired) electrons. The van der Waals surface area contributed by atoms with E-state index >= 15 is 0 Å². The molecule has 0 saturated carbocycles. The lowest BCUT2D eigenvalue weighted by Gasteiger charge is -2.20. The molecule has 0 fully saturated rings. The van der Waals surface area contributed by atoms with Crippen LogP contribution in [0.3, 0.4) is 0 Å². The first-order chi connectivity index (χ1) is 10.1. The zero-order valence-corrected chi connectivity index (χ0v) is 12.4. The van der Waals surface area contributed by atoms with Crippen molar-refractivity contribution in [1.82, 2.24) is 14.7 Å². The number of hydrogen-bond donors (Lipinski definition) is 2. The molecule has 0 aliphatic rings. The number of nitrogen functional groups attached to an aromatic ring is 1. The first kappa shape index (κ1) is 15.3. The second kappa shape index (κ2) is 7.10. The lowest BCUT2D eigenvalue weighted by atomic mass is 10.2. The highest BCUT2D eigenvalue weighted by molar-refractivity contribution is 5.30. The van der Waals surface area contributed by atoms with Crippen molar-refractivity contribution in [2.45, 2.75) is 19.2 Å². The van der Waals surface area contributed by atoms with Crippen LogP contribution in [0.2, 0.25) is 0 Å². The van der Waals surface area contributed by atoms with E-state index < -0.39 is 6.10 Å². The van der Waals surface area contributed by atoms with Crippen LogP contribution in [0.5, 0.6) is 5.75 Å². The number of ether oxygens (including phenoxy) is 1. The molecular formula is C15H22N4O2. The molecule has 1 heterocycles. The third-order valence-corrected chi connectivity index (χ3v) is 3.18. The fraction of sp³-hybridized carbons (Fsp3) is 0.400. The van der Waals surface area contributed by atoms with Gasteiger partial charge in [0.05, 0.1) is 31.6 Å². The van der Waals surface area contributed by atoms with Gasteiger partial charge in [0, 0.05) is 19.3 Å². The van der Waals surface area contributed by atoms with Gasteiger partial charge in [-0.25, -0.2) is 0 Å². The molecule has 1 aromatic carbocycles. The predicted molar refractivity (Wildman–Crippen MR) is 82.0 cm³/mol. The summed E-state index contributed by atoms with van der Waals surface area (Å²) < 4.78 is 6.79. The third-order valence-electron chi connectivity index (χ3n) is 3.18. The zero-order chi connectivity index (χ0) is 15.2. The van der Waals surface area contributed by atoms with E-state index in [0.717, 1.165) is 12.3 Å². The summed E-state index contributed by atoms with van der Waals surface area (Å²) in [5, 5.41) is 14.1. The van der Waals surface area contributed by atoms with Gasteiger partial charge < -0.3 is 15.6 Å². The van der Waals surface area contributed by atoms with Gasteiger partial charge in [0.25, 0.3) is 0 Å². The van der Waals surface area contributed by atoms with E-state index in [9.17, 15) is 5.11 Å². The summed E-state index contributed by atoms with van der Waals surface area (Å²) in [4.78, 5) is 2.07. The maximum absolute atomic E-state index is 10.1. The minimum absolute atomic E-state index is 0.435. The van der Waals surface area contributed by atoms with Crippen molar-refractivity contribution in [2.24, 2.45) is 0 Å². The van der Waals surface area contributed by atoms with E-state index in [0.29, 0.717) is 18.8 Å². The van der Waals surface area contributed by atoms with Crippen molar-refractivity contribution in [3.05, 3.63) is 42.2 Å². The van der Waals surface area contributed by atoms with Crippen LogP contribution in [-0.4, -0.2) is 46.6 Å². The molecule has 1 atom stereocenters. The Morgan fingerprint density at radius 2 is 2.10 bits per heavy atom. The molecule has 0 bridgehead atoms. The lowest BCUT2D eigenvalue weighted by Crippen LogP contribution is -2.31. The van der Waals surface area contributed by atoms with Crippen LogP contribution in [0.15, 0.2) is 36.7 Å². The van der Waals surface area contributed by atoms with Gasteiger partial charge in [0.15, 0.2) is 0 Å². The maximum atomic E-state index is 10.1. The number of methoxy groups -OCH3 is 1. The number of anilines is 1. The SMILES string of the molecule is COc1ccc(CN(C)CC(O)Cn2cc(N)cn2)cc1. The van der Waals surface area contributed by atoms with Crippen molar-refractivity contribution < 1.29 is 9.84 Å². The second-order valence-electron chi connectivity index (χ2n) is 5.19. The monoisotopic (exact) mass is 290 g/mol. The zero-order valence-electron chi connectivity index (χ0n) is 12.4. The molecule has 0 aliphatic carbocycles. The molecule has 2 aromatic rings. The van der Waals surface area contributed by atoms with Gasteiger partial charge in [-0.05, 0) is 24.7 Å². The number of nitrogens with zero attached hydrogens (tertiary/aromatic N) is 3. The summed E-state index contributed by atoms with van der Waals surface area (Å²) >= 11 is 0. The van der Waals surface area contributed by atoms with Gasteiger partial charge in [-0.2, -0.15) is 5.10 Å². The third kappa shape index (κ3) is 4.77. The van der Waals surface area contributed by atoms with Gasteiger partial charge >= 0.3 is 0 Å². The van der Waals surface area contributed by atoms with Crippen molar-refractivity contribution in [1.29, 1.82) is 0 Å². The van der Waals surface area contributed by atoms with Gasteiger partial charge in [-0.1, -0.05) is 12.1 Å². The van der Waals surface area contributed by atoms with Crippen molar-refractivity contribution in [2.75, 3.05) is 26.4 Å². The predicted octanol–water partition coefficient (Wildman–Crippen LogP) is 0.967. The summed E-state index contributed by atoms with van der Waals surface area (Å²) in [5.41, 5.74) is 7.38. The normalized spacial score (nSPS) is 12.6. The molecule has 0 amide bonds. The smallest absolute Gasteiger partial charge is 0.118 e. The number of aliphatic hydroxyl groups excluding tert-OH is 1. The van der Waals surface area contributed by atoms with Crippen molar-refractivity contribution >= 4 is 5.69 Å². The molecule has 1 aromatic heterocycles. The quantitative estimate of drug-likeness (QED) is 0.794.